The van der Waals surface area contributed by atoms with Crippen LogP contribution in [0.4, 0.5) is 5.69 Å². The first-order valence-electron chi connectivity index (χ1n) is 5.60. The molecule has 92 valence electrons. The molecule has 2 rings (SSSR count). The first kappa shape index (κ1) is 12.4. The maximum absolute atomic E-state index is 12.3. The molecule has 1 aliphatic heterocycles. The third kappa shape index (κ3) is 3.20. The lowest BCUT2D eigenvalue weighted by Crippen LogP contribution is -2.33. The van der Waals surface area contributed by atoms with Crippen LogP contribution in [0.2, 0.25) is 0 Å². The molecular formula is C12H15BrN2O2. The Kier molecular flexibility index (Phi) is 4.02. The molecule has 0 unspecified atom stereocenters. The summed E-state index contributed by atoms with van der Waals surface area (Å²) in [5, 5.41) is 0. The lowest BCUT2D eigenvalue weighted by Gasteiger charge is -2.19. The standard InChI is InChI=1S/C12H15BrN2O2/c13-10-6-9(7-11(14)8-10)12(16)15-2-1-4-17-5-3-15/h6-8H,1-5,14H2. The van der Waals surface area contributed by atoms with Gasteiger partial charge in [-0.25, -0.2) is 0 Å². The number of rotatable bonds is 1. The number of amides is 1. The van der Waals surface area contributed by atoms with Crippen molar-refractivity contribution in [3.05, 3.63) is 28.2 Å². The molecule has 1 aromatic rings. The van der Waals surface area contributed by atoms with E-state index in [0.29, 0.717) is 24.4 Å². The summed E-state index contributed by atoms with van der Waals surface area (Å²) < 4.78 is 6.16. The number of benzene rings is 1. The van der Waals surface area contributed by atoms with Crippen LogP contribution in [0, 0.1) is 0 Å². The van der Waals surface area contributed by atoms with Gasteiger partial charge in [0, 0.05) is 35.4 Å². The number of nitrogens with zero attached hydrogens (tertiary/aromatic N) is 1. The predicted octanol–water partition coefficient (Wildman–Crippen LogP) is 1.89. The second-order valence-corrected chi connectivity index (χ2v) is 4.95. The van der Waals surface area contributed by atoms with Crippen LogP contribution in [-0.4, -0.2) is 37.1 Å². The minimum atomic E-state index is 0.0171. The van der Waals surface area contributed by atoms with E-state index in [1.165, 1.54) is 0 Å². The van der Waals surface area contributed by atoms with Gasteiger partial charge in [-0.1, -0.05) is 15.9 Å². The highest BCUT2D eigenvalue weighted by atomic mass is 79.9. The van der Waals surface area contributed by atoms with Crippen LogP contribution in [0.25, 0.3) is 0 Å². The number of ether oxygens (including phenoxy) is 1. The highest BCUT2D eigenvalue weighted by molar-refractivity contribution is 9.10. The molecule has 1 aromatic carbocycles. The van der Waals surface area contributed by atoms with E-state index in [1.54, 1.807) is 18.2 Å². The van der Waals surface area contributed by atoms with Gasteiger partial charge in [0.25, 0.3) is 5.91 Å². The van der Waals surface area contributed by atoms with E-state index < -0.39 is 0 Å². The lowest BCUT2D eigenvalue weighted by molar-refractivity contribution is 0.0741. The minimum absolute atomic E-state index is 0.0171. The second kappa shape index (κ2) is 5.51. The molecule has 1 amide bonds. The van der Waals surface area contributed by atoms with Gasteiger partial charge in [-0.3, -0.25) is 4.79 Å². The molecule has 1 aliphatic rings. The summed E-state index contributed by atoms with van der Waals surface area (Å²) >= 11 is 3.35. The number of anilines is 1. The van der Waals surface area contributed by atoms with Crippen molar-refractivity contribution in [2.75, 3.05) is 32.0 Å². The average molecular weight is 299 g/mol. The molecule has 0 saturated carbocycles. The maximum atomic E-state index is 12.3. The molecule has 4 nitrogen and oxygen atoms in total. The molecule has 2 N–H and O–H groups in total. The van der Waals surface area contributed by atoms with Gasteiger partial charge < -0.3 is 15.4 Å². The molecule has 0 atom stereocenters. The van der Waals surface area contributed by atoms with Gasteiger partial charge in [0.05, 0.1) is 6.61 Å². The van der Waals surface area contributed by atoms with E-state index in [-0.39, 0.29) is 5.91 Å². The van der Waals surface area contributed by atoms with Gasteiger partial charge in [-0.15, -0.1) is 0 Å². The van der Waals surface area contributed by atoms with Crippen LogP contribution >= 0.6 is 15.9 Å². The predicted molar refractivity (Wildman–Crippen MR) is 69.9 cm³/mol. The molecule has 0 radical (unpaired) electrons. The van der Waals surface area contributed by atoms with Crippen molar-refractivity contribution in [1.29, 1.82) is 0 Å². The Morgan fingerprint density at radius 3 is 2.88 bits per heavy atom. The zero-order valence-electron chi connectivity index (χ0n) is 9.49. The van der Waals surface area contributed by atoms with E-state index in [9.17, 15) is 4.79 Å². The zero-order valence-corrected chi connectivity index (χ0v) is 11.1. The van der Waals surface area contributed by atoms with Crippen LogP contribution in [-0.2, 0) is 4.74 Å². The second-order valence-electron chi connectivity index (χ2n) is 4.03. The molecule has 1 heterocycles. The summed E-state index contributed by atoms with van der Waals surface area (Å²) in [6, 6.07) is 5.28. The fourth-order valence-electron chi connectivity index (χ4n) is 1.87. The molecule has 17 heavy (non-hydrogen) atoms. The molecular weight excluding hydrogens is 284 g/mol. The van der Waals surface area contributed by atoms with Crippen molar-refractivity contribution in [2.24, 2.45) is 0 Å². The number of carbonyl (C=O) groups is 1. The quantitative estimate of drug-likeness (QED) is 0.806. The number of hydrogen-bond donors (Lipinski definition) is 1. The van der Waals surface area contributed by atoms with Gasteiger partial charge >= 0.3 is 0 Å². The number of nitrogen functional groups attached to an aromatic ring is 1. The Balaban J connectivity index is 2.17. The zero-order chi connectivity index (χ0) is 12.3. The van der Waals surface area contributed by atoms with Gasteiger partial charge in [0.1, 0.15) is 0 Å². The SMILES string of the molecule is Nc1cc(Br)cc(C(=O)N2CCCOCC2)c1. The summed E-state index contributed by atoms with van der Waals surface area (Å²) in [5.41, 5.74) is 6.95. The van der Waals surface area contributed by atoms with E-state index in [4.69, 9.17) is 10.5 Å². The molecule has 1 fully saturated rings. The Hall–Kier alpha value is -1.07. The fourth-order valence-corrected chi connectivity index (χ4v) is 2.38. The summed E-state index contributed by atoms with van der Waals surface area (Å²) in [6.07, 6.45) is 0.884. The summed E-state index contributed by atoms with van der Waals surface area (Å²) in [4.78, 5) is 14.1. The molecule has 0 aliphatic carbocycles. The van der Waals surface area contributed by atoms with Crippen LogP contribution in [0.3, 0.4) is 0 Å². The van der Waals surface area contributed by atoms with Crippen LogP contribution in [0.1, 0.15) is 16.8 Å². The minimum Gasteiger partial charge on any atom is -0.399 e. The van der Waals surface area contributed by atoms with Gasteiger partial charge in [0.2, 0.25) is 0 Å². The highest BCUT2D eigenvalue weighted by Gasteiger charge is 2.17. The van der Waals surface area contributed by atoms with E-state index >= 15 is 0 Å². The Bertz CT molecular complexity index is 395. The van der Waals surface area contributed by atoms with Crippen molar-refractivity contribution in [2.45, 2.75) is 6.42 Å². The summed E-state index contributed by atoms with van der Waals surface area (Å²) in [5.74, 6) is 0.0171. The van der Waals surface area contributed by atoms with E-state index in [2.05, 4.69) is 15.9 Å². The number of nitrogens with two attached hydrogens (primary N) is 1. The lowest BCUT2D eigenvalue weighted by atomic mass is 10.1. The van der Waals surface area contributed by atoms with Crippen LogP contribution in [0.15, 0.2) is 22.7 Å². The maximum Gasteiger partial charge on any atom is 0.254 e. The fraction of sp³-hybridized carbons (Fsp3) is 0.417. The van der Waals surface area contributed by atoms with Crippen molar-refractivity contribution >= 4 is 27.5 Å². The Morgan fingerprint density at radius 1 is 1.29 bits per heavy atom. The topological polar surface area (TPSA) is 55.6 Å². The first-order valence-corrected chi connectivity index (χ1v) is 6.39. The number of halogens is 1. The molecule has 5 heteroatoms. The van der Waals surface area contributed by atoms with Gasteiger partial charge in [-0.05, 0) is 24.6 Å². The molecule has 0 bridgehead atoms. The normalized spacial score (nSPS) is 16.6. The van der Waals surface area contributed by atoms with E-state index in [1.807, 2.05) is 4.90 Å². The monoisotopic (exact) mass is 298 g/mol. The molecule has 1 saturated heterocycles. The Labute approximate surface area is 109 Å². The van der Waals surface area contributed by atoms with Gasteiger partial charge in [-0.2, -0.15) is 0 Å². The van der Waals surface area contributed by atoms with Crippen LogP contribution < -0.4 is 5.73 Å². The molecule has 0 aromatic heterocycles. The summed E-state index contributed by atoms with van der Waals surface area (Å²) in [7, 11) is 0. The van der Waals surface area contributed by atoms with Crippen LogP contribution in [0.5, 0.6) is 0 Å². The Morgan fingerprint density at radius 2 is 2.12 bits per heavy atom. The average Bonchev–Trinajstić information content (AvgIpc) is 2.55. The first-order chi connectivity index (χ1) is 8.16. The number of carbonyl (C=O) groups excluding carboxylic acids is 1. The smallest absolute Gasteiger partial charge is 0.254 e. The number of hydrogen-bond acceptors (Lipinski definition) is 3. The van der Waals surface area contributed by atoms with E-state index in [0.717, 1.165) is 24.0 Å². The third-order valence-corrected chi connectivity index (χ3v) is 3.13. The molecule has 0 spiro atoms. The van der Waals surface area contributed by atoms with Gasteiger partial charge in [0.15, 0.2) is 0 Å². The van der Waals surface area contributed by atoms with Crippen molar-refractivity contribution in [1.82, 2.24) is 4.90 Å². The summed E-state index contributed by atoms with van der Waals surface area (Å²) in [6.45, 7) is 2.72. The highest BCUT2D eigenvalue weighted by Crippen LogP contribution is 2.19. The third-order valence-electron chi connectivity index (χ3n) is 2.68. The van der Waals surface area contributed by atoms with Crippen molar-refractivity contribution < 1.29 is 9.53 Å². The largest absolute Gasteiger partial charge is 0.399 e. The van der Waals surface area contributed by atoms with Crippen molar-refractivity contribution in [3.63, 3.8) is 0 Å². The van der Waals surface area contributed by atoms with Crippen molar-refractivity contribution in [3.8, 4) is 0 Å².